The molecule has 0 aromatic carbocycles. The molecule has 0 aliphatic heterocycles. The van der Waals surface area contributed by atoms with Crippen LogP contribution in [0.2, 0.25) is 0 Å². The Hall–Kier alpha value is -0.300. The van der Waals surface area contributed by atoms with Gasteiger partial charge in [-0.05, 0) is 20.8 Å². The summed E-state index contributed by atoms with van der Waals surface area (Å²) in [6.45, 7) is 8.86. The highest BCUT2D eigenvalue weighted by molar-refractivity contribution is 4.95. The molecule has 47 valence electrons. The fourth-order valence-electron chi connectivity index (χ4n) is 0.316. The summed E-state index contributed by atoms with van der Waals surface area (Å²) in [6.07, 6.45) is 2.04. The van der Waals surface area contributed by atoms with Gasteiger partial charge < -0.3 is 4.74 Å². The van der Waals surface area contributed by atoms with Gasteiger partial charge in [0.15, 0.2) is 0 Å². The van der Waals surface area contributed by atoms with Crippen molar-refractivity contribution in [2.24, 2.45) is 0 Å². The van der Waals surface area contributed by atoms with Gasteiger partial charge in [0.1, 0.15) is 0 Å². The molecule has 0 saturated heterocycles. The Balaban J connectivity index is 3.12. The minimum absolute atomic E-state index is 0.561. The van der Waals surface area contributed by atoms with Crippen LogP contribution in [0.15, 0.2) is 11.6 Å². The number of ether oxygens (including phenoxy) is 1. The van der Waals surface area contributed by atoms with Gasteiger partial charge in [0.25, 0.3) is 0 Å². The Kier molecular flexibility index (Phi) is 4.67. The summed E-state index contributed by atoms with van der Waals surface area (Å²) < 4.78 is 5.01. The second-order valence-corrected chi connectivity index (χ2v) is 1.69. The zero-order valence-corrected chi connectivity index (χ0v) is 5.61. The molecule has 0 atom stereocenters. The molecule has 0 amide bonds. The molecule has 0 aliphatic carbocycles. The van der Waals surface area contributed by atoms with Crippen molar-refractivity contribution in [3.05, 3.63) is 18.6 Å². The lowest BCUT2D eigenvalue weighted by Gasteiger charge is -1.97. The van der Waals surface area contributed by atoms with E-state index in [4.69, 9.17) is 4.74 Å². The predicted octanol–water partition coefficient (Wildman–Crippen LogP) is 1.80. The Morgan fingerprint density at radius 2 is 2.38 bits per heavy atom. The molecule has 0 rings (SSSR count). The van der Waals surface area contributed by atoms with Gasteiger partial charge in [-0.25, -0.2) is 0 Å². The average molecular weight is 113 g/mol. The number of rotatable bonds is 3. The maximum Gasteiger partial charge on any atom is 0.0673 e. The first-order chi connectivity index (χ1) is 3.81. The monoisotopic (exact) mass is 113 g/mol. The Morgan fingerprint density at radius 3 is 2.75 bits per heavy atom. The quantitative estimate of drug-likeness (QED) is 0.507. The van der Waals surface area contributed by atoms with Crippen molar-refractivity contribution in [3.8, 4) is 0 Å². The molecule has 0 N–H and O–H groups in total. The van der Waals surface area contributed by atoms with E-state index in [9.17, 15) is 0 Å². The van der Waals surface area contributed by atoms with Crippen LogP contribution in [0.5, 0.6) is 0 Å². The second-order valence-electron chi connectivity index (χ2n) is 1.69. The van der Waals surface area contributed by atoms with E-state index < -0.39 is 0 Å². The lowest BCUT2D eigenvalue weighted by atomic mass is 10.3. The molecule has 1 nitrogen and oxygen atoms in total. The summed E-state index contributed by atoms with van der Waals surface area (Å²) in [4.78, 5) is 0. The van der Waals surface area contributed by atoms with Crippen molar-refractivity contribution < 1.29 is 4.74 Å². The van der Waals surface area contributed by atoms with Crippen LogP contribution in [0, 0.1) is 6.92 Å². The van der Waals surface area contributed by atoms with E-state index >= 15 is 0 Å². The minimum Gasteiger partial charge on any atom is -0.377 e. The summed E-state index contributed by atoms with van der Waals surface area (Å²) in [7, 11) is 0. The number of allylic oxidation sites excluding steroid dienone is 1. The first kappa shape index (κ1) is 7.70. The first-order valence-corrected chi connectivity index (χ1v) is 2.80. The molecule has 0 unspecified atom stereocenters. The fraction of sp³-hybridized carbons (Fsp3) is 0.571. The summed E-state index contributed by atoms with van der Waals surface area (Å²) >= 11 is 0. The van der Waals surface area contributed by atoms with Gasteiger partial charge in [0.05, 0.1) is 6.61 Å². The number of hydrogen-bond donors (Lipinski definition) is 0. The first-order valence-electron chi connectivity index (χ1n) is 2.80. The van der Waals surface area contributed by atoms with Gasteiger partial charge in [0, 0.05) is 6.61 Å². The highest BCUT2D eigenvalue weighted by Crippen LogP contribution is 1.90. The van der Waals surface area contributed by atoms with E-state index in [0.29, 0.717) is 6.61 Å². The van der Waals surface area contributed by atoms with Crippen LogP contribution in [0.3, 0.4) is 0 Å². The van der Waals surface area contributed by atoms with Crippen molar-refractivity contribution in [3.63, 3.8) is 0 Å². The van der Waals surface area contributed by atoms with Crippen LogP contribution in [0.25, 0.3) is 0 Å². The molecule has 1 heteroatoms. The van der Waals surface area contributed by atoms with Crippen LogP contribution in [0.4, 0.5) is 0 Å². The Morgan fingerprint density at radius 1 is 1.75 bits per heavy atom. The molecule has 0 spiro atoms. The van der Waals surface area contributed by atoms with Crippen LogP contribution in [-0.4, -0.2) is 13.2 Å². The topological polar surface area (TPSA) is 9.23 Å². The Labute approximate surface area is 51.4 Å². The van der Waals surface area contributed by atoms with E-state index in [1.807, 2.05) is 19.9 Å². The fourth-order valence-corrected chi connectivity index (χ4v) is 0.316. The highest BCUT2D eigenvalue weighted by atomic mass is 16.5. The summed E-state index contributed by atoms with van der Waals surface area (Å²) in [5.41, 5.74) is 1.26. The zero-order valence-electron chi connectivity index (χ0n) is 5.61. The molecule has 0 aromatic heterocycles. The van der Waals surface area contributed by atoms with Crippen molar-refractivity contribution in [1.29, 1.82) is 0 Å². The van der Waals surface area contributed by atoms with Crippen LogP contribution >= 0.6 is 0 Å². The molecule has 1 radical (unpaired) electrons. The summed E-state index contributed by atoms with van der Waals surface area (Å²) in [6, 6.07) is 0. The average Bonchev–Trinajstić information content (AvgIpc) is 1.83. The highest BCUT2D eigenvalue weighted by Gasteiger charge is 1.82. The van der Waals surface area contributed by atoms with Gasteiger partial charge in [-0.1, -0.05) is 11.6 Å². The Bertz CT molecular complexity index is 74.5. The molecule has 0 fully saturated rings. The standard InChI is InChI=1S/C7H13O/c1-4-7(3)6-8-5-2/h4H,2,5-6H2,1,3H3/b7-4+. The molecule has 8 heavy (non-hydrogen) atoms. The summed E-state index contributed by atoms with van der Waals surface area (Å²) in [5.74, 6) is 0. The summed E-state index contributed by atoms with van der Waals surface area (Å²) in [5, 5.41) is 0. The van der Waals surface area contributed by atoms with Gasteiger partial charge >= 0.3 is 0 Å². The smallest absolute Gasteiger partial charge is 0.0673 e. The molecule has 0 aromatic rings. The van der Waals surface area contributed by atoms with Crippen LogP contribution in [-0.2, 0) is 4.74 Å². The molecule has 0 aliphatic rings. The molecular weight excluding hydrogens is 100 g/mol. The van der Waals surface area contributed by atoms with E-state index in [1.165, 1.54) is 5.57 Å². The van der Waals surface area contributed by atoms with Crippen molar-refractivity contribution >= 4 is 0 Å². The third-order valence-electron chi connectivity index (χ3n) is 0.967. The minimum atomic E-state index is 0.561. The van der Waals surface area contributed by atoms with Crippen molar-refractivity contribution in [2.45, 2.75) is 13.8 Å². The van der Waals surface area contributed by atoms with Gasteiger partial charge in [-0.15, -0.1) is 0 Å². The third kappa shape index (κ3) is 3.88. The molecule has 0 heterocycles. The van der Waals surface area contributed by atoms with E-state index in [-0.39, 0.29) is 0 Å². The van der Waals surface area contributed by atoms with Crippen LogP contribution in [0.1, 0.15) is 13.8 Å². The van der Waals surface area contributed by atoms with Gasteiger partial charge in [-0.3, -0.25) is 0 Å². The lowest BCUT2D eigenvalue weighted by Crippen LogP contribution is -1.93. The molecule has 0 saturated carbocycles. The van der Waals surface area contributed by atoms with E-state index in [2.05, 4.69) is 6.92 Å². The normalized spacial score (nSPS) is 12.1. The zero-order chi connectivity index (χ0) is 6.41. The number of hydrogen-bond acceptors (Lipinski definition) is 1. The van der Waals surface area contributed by atoms with Gasteiger partial charge in [0.2, 0.25) is 0 Å². The van der Waals surface area contributed by atoms with E-state index in [0.717, 1.165) is 6.61 Å². The maximum absolute atomic E-state index is 5.01. The molecular formula is C7H13O. The lowest BCUT2D eigenvalue weighted by molar-refractivity contribution is 0.185. The second kappa shape index (κ2) is 4.85. The van der Waals surface area contributed by atoms with Crippen LogP contribution < -0.4 is 0 Å². The molecule has 0 bridgehead atoms. The maximum atomic E-state index is 5.01. The largest absolute Gasteiger partial charge is 0.377 e. The van der Waals surface area contributed by atoms with E-state index in [1.54, 1.807) is 0 Å². The van der Waals surface area contributed by atoms with Crippen molar-refractivity contribution in [1.82, 2.24) is 0 Å². The SMILES string of the molecule is [CH2]COC/C(C)=C/C. The van der Waals surface area contributed by atoms with Gasteiger partial charge in [-0.2, -0.15) is 0 Å². The van der Waals surface area contributed by atoms with Crippen molar-refractivity contribution in [2.75, 3.05) is 13.2 Å². The predicted molar refractivity (Wildman–Crippen MR) is 35.6 cm³/mol. The third-order valence-corrected chi connectivity index (χ3v) is 0.967.